The topological polar surface area (TPSA) is 102 Å². The van der Waals surface area contributed by atoms with Crippen molar-refractivity contribution in [3.05, 3.63) is 11.6 Å². The maximum absolute atomic E-state index is 13.7. The van der Waals surface area contributed by atoms with Crippen LogP contribution in [-0.4, -0.2) is 83.5 Å². The molecule has 3 atom stereocenters. The normalized spacial score (nSPS) is 18.7. The second kappa shape index (κ2) is 16.8. The van der Waals surface area contributed by atoms with Crippen molar-refractivity contribution in [1.29, 1.82) is 0 Å². The van der Waals surface area contributed by atoms with Gasteiger partial charge in [-0.1, -0.05) is 53.0 Å². The number of unbranched alkanes of at least 4 members (excludes halogenated alkanes) is 3. The average Bonchev–Trinajstić information content (AvgIpc) is 2.86. The fourth-order valence-electron chi connectivity index (χ4n) is 5.00. The Kier molecular flexibility index (Phi) is 15.0. The van der Waals surface area contributed by atoms with Crippen molar-refractivity contribution in [2.45, 2.75) is 118 Å². The number of nitrogens with one attached hydrogen (secondary N) is 2. The van der Waals surface area contributed by atoms with Crippen molar-refractivity contribution < 1.29 is 19.5 Å². The van der Waals surface area contributed by atoms with Crippen LogP contribution in [0.1, 0.15) is 93.4 Å². The summed E-state index contributed by atoms with van der Waals surface area (Å²) in [6, 6.07) is -0.834. The van der Waals surface area contributed by atoms with Crippen LogP contribution in [0.3, 0.4) is 0 Å². The summed E-state index contributed by atoms with van der Waals surface area (Å²) in [5, 5.41) is 14.9. The fraction of sp³-hybridized carbons (Fsp3) is 0.828. The molecule has 0 bridgehead atoms. The van der Waals surface area contributed by atoms with Gasteiger partial charge in [-0.05, 0) is 64.8 Å². The molecule has 37 heavy (non-hydrogen) atoms. The van der Waals surface area contributed by atoms with Crippen LogP contribution < -0.4 is 10.6 Å². The molecule has 8 nitrogen and oxygen atoms in total. The van der Waals surface area contributed by atoms with Gasteiger partial charge in [-0.25, -0.2) is 0 Å². The van der Waals surface area contributed by atoms with Crippen LogP contribution in [0.2, 0.25) is 0 Å². The highest BCUT2D eigenvalue weighted by Gasteiger charge is 2.36. The number of aliphatic hydroxyl groups is 1. The van der Waals surface area contributed by atoms with E-state index >= 15 is 0 Å². The Balaban J connectivity index is 2.90. The molecule has 3 amide bonds. The first-order chi connectivity index (χ1) is 17.4. The van der Waals surface area contributed by atoms with E-state index < -0.39 is 6.04 Å². The minimum absolute atomic E-state index is 0.0676. The zero-order valence-corrected chi connectivity index (χ0v) is 24.7. The number of amides is 3. The van der Waals surface area contributed by atoms with Crippen molar-refractivity contribution in [3.63, 3.8) is 0 Å². The third-order valence-corrected chi connectivity index (χ3v) is 7.37. The highest BCUT2D eigenvalue weighted by molar-refractivity contribution is 5.93. The molecule has 1 rings (SSSR count). The highest BCUT2D eigenvalue weighted by Crippen LogP contribution is 2.21. The molecule has 1 saturated heterocycles. The monoisotopic (exact) mass is 522 g/mol. The smallest absolute Gasteiger partial charge is 0.246 e. The number of rotatable bonds is 15. The standard InChI is InChI=1S/C29H54N4O4/c1-20(2)25(19-23(7)27(35)30-16-12-9-10-14-18-34)32(8)29(37)26(21(3)4)31-28(36)24-15-11-13-17-33(24)22(5)6/h19-22,24-26,34H,9-18H2,1-8H3,(H,30,35)(H,31,36)/b23-19+/t24-,25-,26+/m1/s1. The maximum atomic E-state index is 13.7. The molecule has 1 aliphatic rings. The van der Waals surface area contributed by atoms with Crippen LogP contribution in [-0.2, 0) is 14.4 Å². The van der Waals surface area contributed by atoms with E-state index in [2.05, 4.69) is 29.4 Å². The van der Waals surface area contributed by atoms with Crippen LogP contribution in [0.5, 0.6) is 0 Å². The van der Waals surface area contributed by atoms with E-state index in [1.165, 1.54) is 0 Å². The van der Waals surface area contributed by atoms with E-state index in [1.807, 2.05) is 33.8 Å². The second-order valence-electron chi connectivity index (χ2n) is 11.5. The number of carbonyl (C=O) groups excluding carboxylic acids is 3. The van der Waals surface area contributed by atoms with Gasteiger partial charge in [0.2, 0.25) is 17.7 Å². The van der Waals surface area contributed by atoms with Crippen LogP contribution in [0.15, 0.2) is 11.6 Å². The van der Waals surface area contributed by atoms with Gasteiger partial charge in [-0.2, -0.15) is 0 Å². The number of hydrogen-bond acceptors (Lipinski definition) is 5. The average molecular weight is 523 g/mol. The van der Waals surface area contributed by atoms with Crippen LogP contribution in [0.4, 0.5) is 0 Å². The number of hydrogen-bond donors (Lipinski definition) is 3. The van der Waals surface area contributed by atoms with E-state index in [0.29, 0.717) is 12.1 Å². The lowest BCUT2D eigenvalue weighted by Gasteiger charge is -2.39. The number of aliphatic hydroxyl groups excluding tert-OH is 1. The van der Waals surface area contributed by atoms with E-state index in [9.17, 15) is 14.4 Å². The summed E-state index contributed by atoms with van der Waals surface area (Å²) in [7, 11) is 1.76. The molecule has 8 heteroatoms. The molecule has 0 radical (unpaired) electrons. The molecule has 0 aromatic carbocycles. The first-order valence-electron chi connectivity index (χ1n) is 14.3. The molecule has 1 aliphatic heterocycles. The van der Waals surface area contributed by atoms with Crippen LogP contribution >= 0.6 is 0 Å². The highest BCUT2D eigenvalue weighted by atomic mass is 16.3. The molecule has 0 aromatic rings. The van der Waals surface area contributed by atoms with Gasteiger partial charge in [0.1, 0.15) is 6.04 Å². The number of likely N-dealkylation sites (N-methyl/N-ethyl adjacent to an activating group) is 1. The lowest BCUT2D eigenvalue weighted by molar-refractivity contribution is -0.140. The van der Waals surface area contributed by atoms with Gasteiger partial charge < -0.3 is 20.6 Å². The van der Waals surface area contributed by atoms with Gasteiger partial charge in [0.25, 0.3) is 0 Å². The summed E-state index contributed by atoms with van der Waals surface area (Å²) in [6.45, 7) is 15.7. The lowest BCUT2D eigenvalue weighted by atomic mass is 9.95. The molecular weight excluding hydrogens is 468 g/mol. The molecule has 0 aliphatic carbocycles. The first kappa shape index (κ1) is 33.1. The number of carbonyl (C=O) groups is 3. The van der Waals surface area contributed by atoms with Gasteiger partial charge in [-0.15, -0.1) is 0 Å². The minimum atomic E-state index is -0.629. The van der Waals surface area contributed by atoms with Gasteiger partial charge in [0, 0.05) is 31.8 Å². The Morgan fingerprint density at radius 2 is 1.65 bits per heavy atom. The lowest BCUT2D eigenvalue weighted by Crippen LogP contribution is -2.58. The summed E-state index contributed by atoms with van der Waals surface area (Å²) >= 11 is 0. The predicted molar refractivity (Wildman–Crippen MR) is 150 cm³/mol. The Morgan fingerprint density at radius 1 is 1.00 bits per heavy atom. The molecule has 0 spiro atoms. The third-order valence-electron chi connectivity index (χ3n) is 7.37. The van der Waals surface area contributed by atoms with Gasteiger partial charge in [0.05, 0.1) is 12.1 Å². The van der Waals surface area contributed by atoms with E-state index in [0.717, 1.165) is 51.5 Å². The minimum Gasteiger partial charge on any atom is -0.396 e. The zero-order valence-electron chi connectivity index (χ0n) is 24.7. The third kappa shape index (κ3) is 10.8. The second-order valence-corrected chi connectivity index (χ2v) is 11.5. The van der Waals surface area contributed by atoms with Gasteiger partial charge in [-0.3, -0.25) is 19.3 Å². The Bertz CT molecular complexity index is 750. The molecule has 0 saturated carbocycles. The van der Waals surface area contributed by atoms with Gasteiger partial charge in [0.15, 0.2) is 0 Å². The summed E-state index contributed by atoms with van der Waals surface area (Å²) in [5.74, 6) is -0.314. The molecule has 1 heterocycles. The van der Waals surface area contributed by atoms with Crippen molar-refractivity contribution in [1.82, 2.24) is 20.4 Å². The van der Waals surface area contributed by atoms with Crippen molar-refractivity contribution >= 4 is 17.7 Å². The Hall–Kier alpha value is -1.93. The molecule has 1 fully saturated rings. The molecule has 214 valence electrons. The molecule has 0 aromatic heterocycles. The first-order valence-corrected chi connectivity index (χ1v) is 14.3. The number of piperidine rings is 1. The fourth-order valence-corrected chi connectivity index (χ4v) is 5.00. The Morgan fingerprint density at radius 3 is 2.22 bits per heavy atom. The van der Waals surface area contributed by atoms with E-state index in [4.69, 9.17) is 5.11 Å². The van der Waals surface area contributed by atoms with Crippen molar-refractivity contribution in [3.8, 4) is 0 Å². The van der Waals surface area contributed by atoms with Gasteiger partial charge >= 0.3 is 0 Å². The number of likely N-dealkylation sites (tertiary alicyclic amines) is 1. The summed E-state index contributed by atoms with van der Waals surface area (Å²) in [6.07, 6.45) is 8.37. The predicted octanol–water partition coefficient (Wildman–Crippen LogP) is 3.49. The number of nitrogens with zero attached hydrogens (tertiary/aromatic N) is 2. The molecular formula is C29H54N4O4. The summed E-state index contributed by atoms with van der Waals surface area (Å²) < 4.78 is 0. The largest absolute Gasteiger partial charge is 0.396 e. The molecule has 0 unspecified atom stereocenters. The molecule has 3 N–H and O–H groups in total. The van der Waals surface area contributed by atoms with E-state index in [1.54, 1.807) is 18.9 Å². The quantitative estimate of drug-likeness (QED) is 0.226. The SMILES string of the molecule is C/C(=C\[C@H](C(C)C)N(C)C(=O)[C@@H](NC(=O)[C@H]1CCCCN1C(C)C)C(C)C)C(=O)NCCCCCCO. The van der Waals surface area contributed by atoms with Crippen LogP contribution in [0, 0.1) is 11.8 Å². The van der Waals surface area contributed by atoms with Crippen molar-refractivity contribution in [2.75, 3.05) is 26.7 Å². The summed E-state index contributed by atoms with van der Waals surface area (Å²) in [4.78, 5) is 43.5. The Labute approximate surface area is 225 Å². The summed E-state index contributed by atoms with van der Waals surface area (Å²) in [5.41, 5.74) is 0.577. The van der Waals surface area contributed by atoms with E-state index in [-0.39, 0.29) is 54.3 Å². The van der Waals surface area contributed by atoms with Crippen LogP contribution in [0.25, 0.3) is 0 Å². The zero-order chi connectivity index (χ0) is 28.1. The maximum Gasteiger partial charge on any atom is 0.246 e. The van der Waals surface area contributed by atoms with Crippen molar-refractivity contribution in [2.24, 2.45) is 11.8 Å².